The molecule has 0 radical (unpaired) electrons. The average molecular weight is 280 g/mol. The number of azo groups is 1. The maximum atomic E-state index is 5.12. The quantitative estimate of drug-likeness (QED) is 0.669. The largest absolute Gasteiger partial charge is 0.497 e. The number of nitrogens with zero attached hydrogens (tertiary/aromatic N) is 4. The maximum absolute atomic E-state index is 5.12. The monoisotopic (exact) mass is 280 g/mol. The van der Waals surface area contributed by atoms with Crippen LogP contribution in [-0.2, 0) is 0 Å². The van der Waals surface area contributed by atoms with Crippen LogP contribution in [0.15, 0.2) is 52.8 Å². The summed E-state index contributed by atoms with van der Waals surface area (Å²) in [6.07, 6.45) is 1.97. The van der Waals surface area contributed by atoms with Crippen molar-refractivity contribution in [3.05, 3.63) is 53.9 Å². The van der Waals surface area contributed by atoms with Crippen molar-refractivity contribution in [2.45, 2.75) is 13.8 Å². The van der Waals surface area contributed by atoms with Gasteiger partial charge in [-0.2, -0.15) is 0 Å². The van der Waals surface area contributed by atoms with Gasteiger partial charge >= 0.3 is 0 Å². The Balaban J connectivity index is 1.96. The molecule has 0 atom stereocenters. The predicted molar refractivity (Wildman–Crippen MR) is 81.8 cm³/mol. The lowest BCUT2D eigenvalue weighted by molar-refractivity contribution is 0.415. The molecule has 5 heteroatoms. The fourth-order valence-electron chi connectivity index (χ4n) is 2.13. The minimum atomic E-state index is 0.751. The summed E-state index contributed by atoms with van der Waals surface area (Å²) in [5.74, 6) is 1.55. The lowest BCUT2D eigenvalue weighted by Gasteiger charge is -1.99. The second kappa shape index (κ2) is 5.36. The van der Waals surface area contributed by atoms with Gasteiger partial charge in [0.1, 0.15) is 11.4 Å². The van der Waals surface area contributed by atoms with E-state index in [2.05, 4.69) is 15.2 Å². The summed E-state index contributed by atoms with van der Waals surface area (Å²) in [6.45, 7) is 3.98. The molecule has 106 valence electrons. The number of methoxy groups -OCH3 is 1. The second-order valence-corrected chi connectivity index (χ2v) is 4.85. The average Bonchev–Trinajstić information content (AvgIpc) is 2.80. The summed E-state index contributed by atoms with van der Waals surface area (Å²) in [5.41, 5.74) is 3.69. The molecule has 0 aliphatic carbocycles. The van der Waals surface area contributed by atoms with Crippen LogP contribution in [0.25, 0.3) is 5.65 Å². The van der Waals surface area contributed by atoms with Crippen LogP contribution in [0.2, 0.25) is 0 Å². The molecule has 0 N–H and O–H groups in total. The molecule has 2 heterocycles. The molecule has 5 nitrogen and oxygen atoms in total. The summed E-state index contributed by atoms with van der Waals surface area (Å²) in [4.78, 5) is 4.50. The van der Waals surface area contributed by atoms with Gasteiger partial charge in [0.25, 0.3) is 0 Å². The summed E-state index contributed by atoms with van der Waals surface area (Å²) in [7, 11) is 1.64. The molecule has 0 amide bonds. The highest BCUT2D eigenvalue weighted by atomic mass is 16.5. The van der Waals surface area contributed by atoms with E-state index in [9.17, 15) is 0 Å². The number of rotatable bonds is 3. The number of fused-ring (bicyclic) bond motifs is 1. The van der Waals surface area contributed by atoms with Crippen molar-refractivity contribution in [3.63, 3.8) is 0 Å². The van der Waals surface area contributed by atoms with Crippen LogP contribution < -0.4 is 4.74 Å². The fourth-order valence-corrected chi connectivity index (χ4v) is 2.13. The number of hydrogen-bond donors (Lipinski definition) is 0. The van der Waals surface area contributed by atoms with E-state index >= 15 is 0 Å². The number of ether oxygens (including phenoxy) is 1. The van der Waals surface area contributed by atoms with Crippen molar-refractivity contribution in [1.82, 2.24) is 9.38 Å². The van der Waals surface area contributed by atoms with E-state index in [0.717, 1.165) is 28.6 Å². The minimum absolute atomic E-state index is 0.751. The molecule has 21 heavy (non-hydrogen) atoms. The summed E-state index contributed by atoms with van der Waals surface area (Å²) in [5, 5.41) is 8.60. The second-order valence-electron chi connectivity index (χ2n) is 4.85. The molecule has 3 rings (SSSR count). The third kappa shape index (κ3) is 2.63. The standard InChI is InChI=1S/C16H16N4O/c1-11-8-9-20-15(10-11)17-12(2)16(20)19-18-13-4-6-14(21-3)7-5-13/h4-10H,1-3H3. The Morgan fingerprint density at radius 1 is 1.05 bits per heavy atom. The molecule has 3 aromatic rings. The molecule has 2 aromatic heterocycles. The van der Waals surface area contributed by atoms with Crippen LogP contribution in [0.1, 0.15) is 11.3 Å². The van der Waals surface area contributed by atoms with Crippen molar-refractivity contribution in [2.75, 3.05) is 7.11 Å². The van der Waals surface area contributed by atoms with Gasteiger partial charge in [-0.15, -0.1) is 10.2 Å². The zero-order chi connectivity index (χ0) is 14.8. The van der Waals surface area contributed by atoms with Gasteiger partial charge in [0.05, 0.1) is 18.5 Å². The normalized spacial score (nSPS) is 11.4. The number of benzene rings is 1. The van der Waals surface area contributed by atoms with Gasteiger partial charge in [-0.3, -0.25) is 4.40 Å². The number of pyridine rings is 1. The SMILES string of the molecule is COc1ccc(N=Nc2c(C)nc3cc(C)ccn23)cc1. The van der Waals surface area contributed by atoms with Gasteiger partial charge in [0.15, 0.2) is 5.82 Å². The maximum Gasteiger partial charge on any atom is 0.182 e. The molecule has 0 bridgehead atoms. The van der Waals surface area contributed by atoms with E-state index in [4.69, 9.17) is 4.74 Å². The van der Waals surface area contributed by atoms with E-state index in [1.807, 2.05) is 60.8 Å². The zero-order valence-corrected chi connectivity index (χ0v) is 12.2. The lowest BCUT2D eigenvalue weighted by Crippen LogP contribution is -1.84. The Morgan fingerprint density at radius 3 is 2.52 bits per heavy atom. The van der Waals surface area contributed by atoms with Crippen molar-refractivity contribution in [1.29, 1.82) is 0 Å². The van der Waals surface area contributed by atoms with Crippen LogP contribution in [0.3, 0.4) is 0 Å². The van der Waals surface area contributed by atoms with E-state index in [1.54, 1.807) is 7.11 Å². The lowest BCUT2D eigenvalue weighted by atomic mass is 10.3. The highest BCUT2D eigenvalue weighted by Crippen LogP contribution is 2.24. The first kappa shape index (κ1) is 13.3. The molecule has 0 aliphatic heterocycles. The number of aromatic nitrogens is 2. The molecular weight excluding hydrogens is 264 g/mol. The number of aryl methyl sites for hydroxylation is 2. The molecular formula is C16H16N4O. The molecule has 0 fully saturated rings. The molecule has 0 aliphatic rings. The Hall–Kier alpha value is -2.69. The third-order valence-corrected chi connectivity index (χ3v) is 3.26. The Labute approximate surface area is 122 Å². The van der Waals surface area contributed by atoms with Gasteiger partial charge in [0.2, 0.25) is 0 Å². The summed E-state index contributed by atoms with van der Waals surface area (Å²) < 4.78 is 7.06. The first-order valence-electron chi connectivity index (χ1n) is 6.68. The first-order chi connectivity index (χ1) is 10.2. The van der Waals surface area contributed by atoms with Crippen LogP contribution >= 0.6 is 0 Å². The minimum Gasteiger partial charge on any atom is -0.497 e. The molecule has 1 aromatic carbocycles. The van der Waals surface area contributed by atoms with Crippen LogP contribution in [0, 0.1) is 13.8 Å². The van der Waals surface area contributed by atoms with Gasteiger partial charge in [-0.1, -0.05) is 0 Å². The van der Waals surface area contributed by atoms with Gasteiger partial charge in [-0.05, 0) is 55.8 Å². The first-order valence-corrected chi connectivity index (χ1v) is 6.68. The highest BCUT2D eigenvalue weighted by Gasteiger charge is 2.07. The van der Waals surface area contributed by atoms with E-state index < -0.39 is 0 Å². The number of hydrogen-bond acceptors (Lipinski definition) is 4. The van der Waals surface area contributed by atoms with E-state index in [-0.39, 0.29) is 0 Å². The highest BCUT2D eigenvalue weighted by molar-refractivity contribution is 5.53. The summed E-state index contributed by atoms with van der Waals surface area (Å²) >= 11 is 0. The Morgan fingerprint density at radius 2 is 1.81 bits per heavy atom. The molecule has 0 saturated heterocycles. The van der Waals surface area contributed by atoms with Crippen LogP contribution in [0.4, 0.5) is 11.5 Å². The van der Waals surface area contributed by atoms with Crippen molar-refractivity contribution in [3.8, 4) is 5.75 Å². The number of imidazole rings is 1. The summed E-state index contributed by atoms with van der Waals surface area (Å²) in [6, 6.07) is 11.5. The van der Waals surface area contributed by atoms with Gasteiger partial charge in [0, 0.05) is 6.20 Å². The third-order valence-electron chi connectivity index (χ3n) is 3.26. The van der Waals surface area contributed by atoms with Gasteiger partial charge < -0.3 is 4.74 Å². The molecule has 0 saturated carbocycles. The predicted octanol–water partition coefficient (Wildman–Crippen LogP) is 4.38. The van der Waals surface area contributed by atoms with E-state index in [0.29, 0.717) is 0 Å². The van der Waals surface area contributed by atoms with Crippen LogP contribution in [0.5, 0.6) is 5.75 Å². The van der Waals surface area contributed by atoms with Crippen molar-refractivity contribution < 1.29 is 4.74 Å². The van der Waals surface area contributed by atoms with Gasteiger partial charge in [-0.25, -0.2) is 4.98 Å². The fraction of sp³-hybridized carbons (Fsp3) is 0.188. The van der Waals surface area contributed by atoms with Crippen molar-refractivity contribution in [2.24, 2.45) is 10.2 Å². The van der Waals surface area contributed by atoms with E-state index in [1.165, 1.54) is 5.56 Å². The Kier molecular flexibility index (Phi) is 3.39. The van der Waals surface area contributed by atoms with Crippen molar-refractivity contribution >= 4 is 17.2 Å². The topological polar surface area (TPSA) is 51.2 Å². The molecule has 0 unspecified atom stereocenters. The zero-order valence-electron chi connectivity index (χ0n) is 12.2. The smallest absolute Gasteiger partial charge is 0.182 e. The van der Waals surface area contributed by atoms with Crippen LogP contribution in [-0.4, -0.2) is 16.5 Å². The molecule has 0 spiro atoms. The Bertz CT molecular complexity index is 803.